The third kappa shape index (κ3) is 2.87. The summed E-state index contributed by atoms with van der Waals surface area (Å²) in [5.41, 5.74) is 1.89. The van der Waals surface area contributed by atoms with Crippen molar-refractivity contribution in [3.05, 3.63) is 47.6 Å². The zero-order valence-corrected chi connectivity index (χ0v) is 14.3. The molecule has 0 aliphatic rings. The molecule has 0 radical (unpaired) electrons. The molecule has 0 bridgehead atoms. The number of fused-ring (bicyclic) bond motifs is 1. The predicted octanol–water partition coefficient (Wildman–Crippen LogP) is 3.55. The van der Waals surface area contributed by atoms with Crippen molar-refractivity contribution in [1.82, 2.24) is 14.8 Å². The smallest absolute Gasteiger partial charge is 0.275 e. The van der Waals surface area contributed by atoms with E-state index < -0.39 is 0 Å². The number of hydrogen-bond acceptors (Lipinski definition) is 6. The molecule has 0 atom stereocenters. The molecular weight excluding hydrogens is 340 g/mol. The largest absolute Gasteiger partial charge is 0.497 e. The lowest BCUT2D eigenvalue weighted by Crippen LogP contribution is -2.15. The first kappa shape index (κ1) is 15.4. The van der Waals surface area contributed by atoms with Crippen molar-refractivity contribution in [2.45, 2.75) is 0 Å². The van der Waals surface area contributed by atoms with Gasteiger partial charge in [-0.3, -0.25) is 14.8 Å². The molecule has 4 aromatic rings. The Morgan fingerprint density at radius 1 is 1.32 bits per heavy atom. The minimum Gasteiger partial charge on any atom is -0.497 e. The van der Waals surface area contributed by atoms with Crippen LogP contribution in [0.15, 0.2) is 46.3 Å². The summed E-state index contributed by atoms with van der Waals surface area (Å²) >= 11 is 1.34. The van der Waals surface area contributed by atoms with Crippen molar-refractivity contribution < 1.29 is 13.9 Å². The van der Waals surface area contributed by atoms with E-state index in [0.717, 1.165) is 16.7 Å². The fourth-order valence-electron chi connectivity index (χ4n) is 2.48. The third-order valence-corrected chi connectivity index (χ3v) is 4.51. The Morgan fingerprint density at radius 3 is 2.96 bits per heavy atom. The van der Waals surface area contributed by atoms with Crippen LogP contribution >= 0.6 is 11.3 Å². The lowest BCUT2D eigenvalue weighted by atomic mass is 10.2. The first-order valence-corrected chi connectivity index (χ1v) is 8.35. The molecule has 0 unspecified atom stereocenters. The van der Waals surface area contributed by atoms with Gasteiger partial charge in [-0.15, -0.1) is 11.3 Å². The zero-order valence-electron chi connectivity index (χ0n) is 13.5. The molecule has 25 heavy (non-hydrogen) atoms. The summed E-state index contributed by atoms with van der Waals surface area (Å²) in [5, 5.41) is 10.0. The zero-order chi connectivity index (χ0) is 17.4. The van der Waals surface area contributed by atoms with E-state index in [-0.39, 0.29) is 5.91 Å². The van der Waals surface area contributed by atoms with Gasteiger partial charge < -0.3 is 9.15 Å². The number of methoxy groups -OCH3 is 1. The van der Waals surface area contributed by atoms with Crippen LogP contribution in [0.2, 0.25) is 0 Å². The number of aromatic nitrogens is 3. The van der Waals surface area contributed by atoms with Gasteiger partial charge in [0.15, 0.2) is 10.9 Å². The summed E-state index contributed by atoms with van der Waals surface area (Å²) in [5.74, 6) is 1.15. The van der Waals surface area contributed by atoms with Gasteiger partial charge in [0.2, 0.25) is 0 Å². The molecular formula is C17H14N4O3S. The number of carbonyl (C=O) groups excluding carboxylic acids is 1. The van der Waals surface area contributed by atoms with Crippen molar-refractivity contribution in [2.75, 3.05) is 12.4 Å². The van der Waals surface area contributed by atoms with Crippen molar-refractivity contribution in [3.63, 3.8) is 0 Å². The van der Waals surface area contributed by atoms with Gasteiger partial charge in [0.1, 0.15) is 22.7 Å². The first-order chi connectivity index (χ1) is 12.1. The lowest BCUT2D eigenvalue weighted by molar-refractivity contribution is 0.101. The van der Waals surface area contributed by atoms with E-state index in [0.29, 0.717) is 22.3 Å². The summed E-state index contributed by atoms with van der Waals surface area (Å²) in [7, 11) is 3.34. The van der Waals surface area contributed by atoms with E-state index in [4.69, 9.17) is 9.15 Å². The standard InChI is InChI=1S/C17H14N4O3S/c1-21-13(5-6-18-21)16(22)20-17-19-12(9-25-17)15-8-10-7-11(23-2)3-4-14(10)24-15/h3-9H,1-2H3,(H,19,20,22). The number of ether oxygens (including phenoxy) is 1. The summed E-state index contributed by atoms with van der Waals surface area (Å²) in [6.45, 7) is 0. The summed E-state index contributed by atoms with van der Waals surface area (Å²) < 4.78 is 12.6. The van der Waals surface area contributed by atoms with Crippen LogP contribution in [0.3, 0.4) is 0 Å². The molecule has 8 heteroatoms. The second-order valence-electron chi connectivity index (χ2n) is 5.35. The number of thiazole rings is 1. The van der Waals surface area contributed by atoms with Gasteiger partial charge in [-0.25, -0.2) is 4.98 Å². The van der Waals surface area contributed by atoms with E-state index in [1.165, 1.54) is 16.0 Å². The van der Waals surface area contributed by atoms with Gasteiger partial charge in [0, 0.05) is 24.0 Å². The summed E-state index contributed by atoms with van der Waals surface area (Å²) in [6, 6.07) is 9.15. The molecule has 0 spiro atoms. The Bertz CT molecular complexity index is 1060. The van der Waals surface area contributed by atoms with Crippen molar-refractivity contribution >= 4 is 33.3 Å². The topological polar surface area (TPSA) is 82.2 Å². The molecule has 1 N–H and O–H groups in total. The molecule has 3 heterocycles. The summed E-state index contributed by atoms with van der Waals surface area (Å²) in [6.07, 6.45) is 1.57. The highest BCUT2D eigenvalue weighted by Crippen LogP contribution is 2.32. The number of nitrogens with one attached hydrogen (secondary N) is 1. The maximum Gasteiger partial charge on any atom is 0.275 e. The number of rotatable bonds is 4. The van der Waals surface area contributed by atoms with Crippen LogP contribution in [0.1, 0.15) is 10.5 Å². The quantitative estimate of drug-likeness (QED) is 0.606. The fourth-order valence-corrected chi connectivity index (χ4v) is 3.17. The number of amides is 1. The SMILES string of the molecule is COc1ccc2oc(-c3csc(NC(=O)c4ccnn4C)n3)cc2c1. The number of benzene rings is 1. The van der Waals surface area contributed by atoms with Gasteiger partial charge in [-0.1, -0.05) is 0 Å². The predicted molar refractivity (Wildman–Crippen MR) is 95.0 cm³/mol. The van der Waals surface area contributed by atoms with Crippen molar-refractivity contribution in [1.29, 1.82) is 0 Å². The van der Waals surface area contributed by atoms with Gasteiger partial charge in [0.25, 0.3) is 5.91 Å². The number of anilines is 1. The highest BCUT2D eigenvalue weighted by Gasteiger charge is 2.15. The summed E-state index contributed by atoms with van der Waals surface area (Å²) in [4.78, 5) is 16.6. The molecule has 3 aromatic heterocycles. The number of hydrogen-bond donors (Lipinski definition) is 1. The van der Waals surface area contributed by atoms with Crippen molar-refractivity contribution in [3.8, 4) is 17.2 Å². The maximum absolute atomic E-state index is 12.2. The molecule has 1 aromatic carbocycles. The lowest BCUT2D eigenvalue weighted by Gasteiger charge is -2.01. The first-order valence-electron chi connectivity index (χ1n) is 7.47. The van der Waals surface area contributed by atoms with Crippen LogP contribution < -0.4 is 10.1 Å². The normalized spacial score (nSPS) is 11.0. The van der Waals surface area contributed by atoms with Gasteiger partial charge in [-0.05, 0) is 30.3 Å². The van der Waals surface area contributed by atoms with Crippen LogP contribution in [0.5, 0.6) is 5.75 Å². The molecule has 126 valence electrons. The van der Waals surface area contributed by atoms with E-state index in [1.807, 2.05) is 29.6 Å². The average Bonchev–Trinajstić information content (AvgIpc) is 3.32. The highest BCUT2D eigenvalue weighted by molar-refractivity contribution is 7.14. The molecule has 0 aliphatic carbocycles. The number of nitrogens with zero attached hydrogens (tertiary/aromatic N) is 3. The molecule has 4 rings (SSSR count). The van der Waals surface area contributed by atoms with Gasteiger partial charge >= 0.3 is 0 Å². The number of carbonyl (C=O) groups is 1. The Kier molecular flexibility index (Phi) is 3.73. The third-order valence-electron chi connectivity index (χ3n) is 3.75. The van der Waals surface area contributed by atoms with E-state index in [1.54, 1.807) is 26.4 Å². The van der Waals surface area contributed by atoms with Crippen LogP contribution in [0, 0.1) is 0 Å². The molecule has 0 saturated carbocycles. The Morgan fingerprint density at radius 2 is 2.20 bits per heavy atom. The van der Waals surface area contributed by atoms with E-state index >= 15 is 0 Å². The Balaban J connectivity index is 1.58. The highest BCUT2D eigenvalue weighted by atomic mass is 32.1. The minimum atomic E-state index is -0.254. The van der Waals surface area contributed by atoms with Gasteiger partial charge in [-0.2, -0.15) is 5.10 Å². The molecule has 0 fully saturated rings. The second-order valence-corrected chi connectivity index (χ2v) is 6.20. The van der Waals surface area contributed by atoms with Crippen molar-refractivity contribution in [2.24, 2.45) is 7.05 Å². The van der Waals surface area contributed by atoms with E-state index in [2.05, 4.69) is 15.4 Å². The monoisotopic (exact) mass is 354 g/mol. The molecule has 1 amide bonds. The second kappa shape index (κ2) is 6.06. The average molecular weight is 354 g/mol. The van der Waals surface area contributed by atoms with Crippen LogP contribution in [-0.4, -0.2) is 27.8 Å². The molecule has 7 nitrogen and oxygen atoms in total. The van der Waals surface area contributed by atoms with Crippen LogP contribution in [0.4, 0.5) is 5.13 Å². The molecule has 0 saturated heterocycles. The fraction of sp³-hybridized carbons (Fsp3) is 0.118. The number of furan rings is 1. The maximum atomic E-state index is 12.2. The van der Waals surface area contributed by atoms with Crippen LogP contribution in [-0.2, 0) is 7.05 Å². The number of aryl methyl sites for hydroxylation is 1. The Hall–Kier alpha value is -3.13. The van der Waals surface area contributed by atoms with Gasteiger partial charge in [0.05, 0.1) is 7.11 Å². The molecule has 0 aliphatic heterocycles. The van der Waals surface area contributed by atoms with Crippen LogP contribution in [0.25, 0.3) is 22.4 Å². The Labute approximate surface area is 146 Å². The minimum absolute atomic E-state index is 0.254. The van der Waals surface area contributed by atoms with E-state index in [9.17, 15) is 4.79 Å².